The van der Waals surface area contributed by atoms with E-state index in [1.165, 1.54) is 12.3 Å². The minimum Gasteiger partial charge on any atom is -0.332 e. The van der Waals surface area contributed by atoms with Crippen molar-refractivity contribution in [2.75, 3.05) is 18.0 Å². The van der Waals surface area contributed by atoms with Crippen LogP contribution in [0.1, 0.15) is 12.6 Å². The van der Waals surface area contributed by atoms with E-state index >= 15 is 0 Å². The van der Waals surface area contributed by atoms with Gasteiger partial charge in [0.2, 0.25) is 5.95 Å². The van der Waals surface area contributed by atoms with Crippen molar-refractivity contribution in [3.05, 3.63) is 18.0 Å². The van der Waals surface area contributed by atoms with Crippen LogP contribution in [0.5, 0.6) is 0 Å². The van der Waals surface area contributed by atoms with Gasteiger partial charge in [0.1, 0.15) is 18.3 Å². The Morgan fingerprint density at radius 3 is 2.69 bits per heavy atom. The molecule has 0 aliphatic heterocycles. The Morgan fingerprint density at radius 2 is 2.19 bits per heavy atom. The van der Waals surface area contributed by atoms with Crippen LogP contribution in [0.3, 0.4) is 0 Å². The number of aromatic nitrogens is 2. The van der Waals surface area contributed by atoms with Gasteiger partial charge in [0, 0.05) is 12.7 Å². The zero-order chi connectivity index (χ0) is 12.2. The summed E-state index contributed by atoms with van der Waals surface area (Å²) in [6.45, 7) is 0.556. The highest BCUT2D eigenvalue weighted by Gasteiger charge is 2.31. The molecule has 7 heteroatoms. The Kier molecular flexibility index (Phi) is 3.66. The minimum absolute atomic E-state index is 0.0469. The minimum atomic E-state index is -4.32. The van der Waals surface area contributed by atoms with Crippen LogP contribution in [-0.2, 0) is 0 Å². The van der Waals surface area contributed by atoms with Gasteiger partial charge in [-0.3, -0.25) is 0 Å². The lowest BCUT2D eigenvalue weighted by atomic mass is 10.4. The summed E-state index contributed by atoms with van der Waals surface area (Å²) in [7, 11) is 0. The summed E-state index contributed by atoms with van der Waals surface area (Å²) in [6, 6.07) is 3.09. The summed E-state index contributed by atoms with van der Waals surface area (Å²) < 4.78 is 36.6. The molecule has 0 unspecified atom stereocenters. The van der Waals surface area contributed by atoms with Crippen LogP contribution in [0.2, 0.25) is 0 Å². The van der Waals surface area contributed by atoms with E-state index in [4.69, 9.17) is 5.26 Å². The lowest BCUT2D eigenvalue weighted by Crippen LogP contribution is -2.35. The molecule has 0 aromatic carbocycles. The van der Waals surface area contributed by atoms with Crippen LogP contribution >= 0.6 is 0 Å². The monoisotopic (exact) mass is 230 g/mol. The molecule has 0 saturated carbocycles. The first kappa shape index (κ1) is 12.2. The molecule has 0 aliphatic rings. The maximum Gasteiger partial charge on any atom is 0.406 e. The molecule has 0 spiro atoms. The third kappa shape index (κ3) is 3.38. The maximum atomic E-state index is 12.2. The van der Waals surface area contributed by atoms with E-state index in [9.17, 15) is 13.2 Å². The largest absolute Gasteiger partial charge is 0.406 e. The van der Waals surface area contributed by atoms with Crippen molar-refractivity contribution in [3.63, 3.8) is 0 Å². The van der Waals surface area contributed by atoms with Gasteiger partial charge >= 0.3 is 6.18 Å². The summed E-state index contributed by atoms with van der Waals surface area (Å²) in [5, 5.41) is 8.57. The highest BCUT2D eigenvalue weighted by molar-refractivity contribution is 5.33. The van der Waals surface area contributed by atoms with Crippen molar-refractivity contribution < 1.29 is 13.2 Å². The average molecular weight is 230 g/mol. The predicted molar refractivity (Wildman–Crippen MR) is 50.7 cm³/mol. The molecule has 0 atom stereocenters. The predicted octanol–water partition coefficient (Wildman–Crippen LogP) is 1.74. The first-order valence-electron chi connectivity index (χ1n) is 4.51. The molecule has 0 fully saturated rings. The number of rotatable bonds is 3. The number of alkyl halides is 3. The summed E-state index contributed by atoms with van der Waals surface area (Å²) in [4.78, 5) is 8.37. The summed E-state index contributed by atoms with van der Waals surface area (Å²) in [6.07, 6.45) is -3.05. The van der Waals surface area contributed by atoms with Crippen molar-refractivity contribution in [1.82, 2.24) is 9.97 Å². The second-order valence-corrected chi connectivity index (χ2v) is 2.98. The molecule has 0 saturated heterocycles. The number of halogens is 3. The van der Waals surface area contributed by atoms with E-state index in [0.29, 0.717) is 0 Å². The number of nitriles is 1. The van der Waals surface area contributed by atoms with Crippen molar-refractivity contribution in [3.8, 4) is 6.07 Å². The molecule has 1 aromatic rings. The molecule has 86 valence electrons. The highest BCUT2D eigenvalue weighted by Crippen LogP contribution is 2.19. The summed E-state index contributed by atoms with van der Waals surface area (Å²) >= 11 is 0. The molecule has 4 nitrogen and oxygen atoms in total. The Labute approximate surface area is 90.3 Å². The number of hydrogen-bond acceptors (Lipinski definition) is 4. The van der Waals surface area contributed by atoms with Gasteiger partial charge in [-0.15, -0.1) is 0 Å². The fourth-order valence-electron chi connectivity index (χ4n) is 1.10. The fraction of sp³-hybridized carbons (Fsp3) is 0.444. The number of hydrogen-bond donors (Lipinski definition) is 0. The molecule has 1 rings (SSSR count). The van der Waals surface area contributed by atoms with Gasteiger partial charge in [0.15, 0.2) is 0 Å². The lowest BCUT2D eigenvalue weighted by Gasteiger charge is -2.21. The van der Waals surface area contributed by atoms with E-state index in [1.54, 1.807) is 13.0 Å². The van der Waals surface area contributed by atoms with Crippen molar-refractivity contribution in [2.24, 2.45) is 0 Å². The molecule has 16 heavy (non-hydrogen) atoms. The van der Waals surface area contributed by atoms with Gasteiger partial charge in [-0.05, 0) is 13.0 Å². The zero-order valence-corrected chi connectivity index (χ0v) is 8.49. The zero-order valence-electron chi connectivity index (χ0n) is 8.49. The quantitative estimate of drug-likeness (QED) is 0.793. The van der Waals surface area contributed by atoms with Gasteiger partial charge in [0.25, 0.3) is 0 Å². The standard InChI is InChI=1S/C9H9F3N4/c1-2-16(6-9(10,11)12)8-14-4-3-7(5-13)15-8/h3-4H,2,6H2,1H3. The van der Waals surface area contributed by atoms with Crippen LogP contribution in [0.4, 0.5) is 19.1 Å². The molecule has 1 aromatic heterocycles. The van der Waals surface area contributed by atoms with Crippen LogP contribution in [0, 0.1) is 11.3 Å². The van der Waals surface area contributed by atoms with Crippen LogP contribution in [-0.4, -0.2) is 29.2 Å². The van der Waals surface area contributed by atoms with Gasteiger partial charge in [0.05, 0.1) is 0 Å². The van der Waals surface area contributed by atoms with E-state index < -0.39 is 12.7 Å². The van der Waals surface area contributed by atoms with E-state index in [-0.39, 0.29) is 18.2 Å². The van der Waals surface area contributed by atoms with Gasteiger partial charge < -0.3 is 4.90 Å². The first-order valence-corrected chi connectivity index (χ1v) is 4.51. The molecular weight excluding hydrogens is 221 g/mol. The first-order chi connectivity index (χ1) is 7.46. The normalized spacial score (nSPS) is 10.9. The molecule has 0 aliphatic carbocycles. The third-order valence-corrected chi connectivity index (χ3v) is 1.79. The Balaban J connectivity index is 2.91. The second kappa shape index (κ2) is 4.79. The van der Waals surface area contributed by atoms with Gasteiger partial charge in [-0.25, -0.2) is 9.97 Å². The smallest absolute Gasteiger partial charge is 0.332 e. The van der Waals surface area contributed by atoms with Crippen molar-refractivity contribution >= 4 is 5.95 Å². The Bertz CT molecular complexity index is 396. The third-order valence-electron chi connectivity index (χ3n) is 1.79. The Hall–Kier alpha value is -1.84. The molecule has 0 amide bonds. The molecular formula is C9H9F3N4. The van der Waals surface area contributed by atoms with E-state index in [0.717, 1.165) is 4.90 Å². The maximum absolute atomic E-state index is 12.2. The number of nitrogens with zero attached hydrogens (tertiary/aromatic N) is 4. The average Bonchev–Trinajstić information content (AvgIpc) is 2.25. The Morgan fingerprint density at radius 1 is 1.50 bits per heavy atom. The van der Waals surface area contributed by atoms with Crippen molar-refractivity contribution in [2.45, 2.75) is 13.1 Å². The second-order valence-electron chi connectivity index (χ2n) is 2.98. The van der Waals surface area contributed by atoms with E-state index in [2.05, 4.69) is 9.97 Å². The molecule has 0 N–H and O–H groups in total. The molecule has 1 heterocycles. The summed E-state index contributed by atoms with van der Waals surface area (Å²) in [5.41, 5.74) is 0.0469. The van der Waals surface area contributed by atoms with Gasteiger partial charge in [-0.1, -0.05) is 0 Å². The van der Waals surface area contributed by atoms with Crippen molar-refractivity contribution in [1.29, 1.82) is 5.26 Å². The van der Waals surface area contributed by atoms with Gasteiger partial charge in [-0.2, -0.15) is 18.4 Å². The van der Waals surface area contributed by atoms with Crippen LogP contribution in [0.15, 0.2) is 12.3 Å². The lowest BCUT2D eigenvalue weighted by molar-refractivity contribution is -0.119. The van der Waals surface area contributed by atoms with Crippen LogP contribution in [0.25, 0.3) is 0 Å². The topological polar surface area (TPSA) is 52.8 Å². The molecule has 0 bridgehead atoms. The molecule has 0 radical (unpaired) electrons. The summed E-state index contributed by atoms with van der Waals surface area (Å²) in [5.74, 6) is -0.0844. The SMILES string of the molecule is CCN(CC(F)(F)F)c1nccc(C#N)n1. The number of anilines is 1. The fourth-order valence-corrected chi connectivity index (χ4v) is 1.10. The van der Waals surface area contributed by atoms with Crippen LogP contribution < -0.4 is 4.90 Å². The highest BCUT2D eigenvalue weighted by atomic mass is 19.4. The van der Waals surface area contributed by atoms with E-state index in [1.807, 2.05) is 0 Å².